The second-order valence-electron chi connectivity index (χ2n) is 3.43. The molecule has 80 valence electrons. The molecule has 0 radical (unpaired) electrons. The van der Waals surface area contributed by atoms with Crippen molar-refractivity contribution in [2.45, 2.75) is 19.6 Å². The van der Waals surface area contributed by atoms with Crippen LogP contribution in [0.3, 0.4) is 0 Å². The van der Waals surface area contributed by atoms with Crippen LogP contribution in [0, 0.1) is 0 Å². The van der Waals surface area contributed by atoms with Crippen molar-refractivity contribution in [1.29, 1.82) is 0 Å². The zero-order valence-electron chi connectivity index (χ0n) is 8.88. The smallest absolute Gasteiger partial charge is 0.150 e. The lowest BCUT2D eigenvalue weighted by molar-refractivity contribution is 0.103. The largest absolute Gasteiger partial charge is 0.380 e. The molecule has 2 aromatic rings. The molecule has 0 aromatic carbocycles. The number of rotatable bonds is 4. The molecule has 0 saturated heterocycles. The molecular weight excluding hydrogens is 208 g/mol. The van der Waals surface area contributed by atoms with E-state index in [4.69, 9.17) is 4.74 Å². The lowest BCUT2D eigenvalue weighted by atomic mass is 10.3. The van der Waals surface area contributed by atoms with E-state index < -0.39 is 0 Å². The van der Waals surface area contributed by atoms with Crippen LogP contribution in [0.4, 0.5) is 0 Å². The molecule has 0 aliphatic carbocycles. The monoisotopic (exact) mass is 222 g/mol. The summed E-state index contributed by atoms with van der Waals surface area (Å²) in [5.74, 6) is 1.02. The molecular formula is C11H14N2OS. The Morgan fingerprint density at radius 1 is 1.60 bits per heavy atom. The van der Waals surface area contributed by atoms with Crippen LogP contribution in [0.1, 0.15) is 6.92 Å². The predicted octanol–water partition coefficient (Wildman–Crippen LogP) is 2.65. The van der Waals surface area contributed by atoms with Crippen LogP contribution in [-0.2, 0) is 11.3 Å². The van der Waals surface area contributed by atoms with Gasteiger partial charge < -0.3 is 9.30 Å². The molecule has 0 aliphatic rings. The van der Waals surface area contributed by atoms with E-state index in [-0.39, 0.29) is 6.10 Å². The average molecular weight is 222 g/mol. The molecule has 4 heteroatoms. The molecule has 2 heterocycles. The van der Waals surface area contributed by atoms with Gasteiger partial charge in [-0.1, -0.05) is 6.07 Å². The maximum atomic E-state index is 5.25. The van der Waals surface area contributed by atoms with E-state index >= 15 is 0 Å². The second kappa shape index (κ2) is 4.59. The van der Waals surface area contributed by atoms with Crippen molar-refractivity contribution in [3.8, 4) is 10.7 Å². The lowest BCUT2D eigenvalue weighted by Crippen LogP contribution is -2.14. The van der Waals surface area contributed by atoms with Gasteiger partial charge in [-0.05, 0) is 18.4 Å². The van der Waals surface area contributed by atoms with Crippen LogP contribution < -0.4 is 0 Å². The van der Waals surface area contributed by atoms with Gasteiger partial charge in [0, 0.05) is 19.5 Å². The first kappa shape index (κ1) is 10.4. The van der Waals surface area contributed by atoms with Crippen molar-refractivity contribution in [3.05, 3.63) is 29.9 Å². The van der Waals surface area contributed by atoms with Crippen LogP contribution >= 0.6 is 11.3 Å². The highest BCUT2D eigenvalue weighted by Gasteiger charge is 2.08. The zero-order valence-corrected chi connectivity index (χ0v) is 9.70. The van der Waals surface area contributed by atoms with Crippen LogP contribution in [0.25, 0.3) is 10.7 Å². The van der Waals surface area contributed by atoms with Crippen molar-refractivity contribution in [2.75, 3.05) is 7.11 Å². The first-order valence-corrected chi connectivity index (χ1v) is 5.77. The van der Waals surface area contributed by atoms with Crippen molar-refractivity contribution >= 4 is 11.3 Å². The van der Waals surface area contributed by atoms with Gasteiger partial charge in [-0.15, -0.1) is 11.3 Å². The Hall–Kier alpha value is -1.13. The molecule has 0 bridgehead atoms. The van der Waals surface area contributed by atoms with Gasteiger partial charge >= 0.3 is 0 Å². The maximum absolute atomic E-state index is 5.25. The van der Waals surface area contributed by atoms with Gasteiger partial charge in [-0.2, -0.15) is 0 Å². The first-order chi connectivity index (χ1) is 7.31. The highest BCUT2D eigenvalue weighted by Crippen LogP contribution is 2.23. The van der Waals surface area contributed by atoms with E-state index in [0.29, 0.717) is 0 Å². The number of thiophene rings is 1. The molecule has 0 N–H and O–H groups in total. The summed E-state index contributed by atoms with van der Waals surface area (Å²) in [5, 5.41) is 2.06. The molecule has 2 aromatic heterocycles. The van der Waals surface area contributed by atoms with Crippen LogP contribution in [0.2, 0.25) is 0 Å². The summed E-state index contributed by atoms with van der Waals surface area (Å²) < 4.78 is 7.38. The van der Waals surface area contributed by atoms with E-state index in [1.54, 1.807) is 18.4 Å². The average Bonchev–Trinajstić information content (AvgIpc) is 2.86. The van der Waals surface area contributed by atoms with Gasteiger partial charge in [0.25, 0.3) is 0 Å². The number of hydrogen-bond donors (Lipinski definition) is 0. The topological polar surface area (TPSA) is 27.1 Å². The molecule has 1 unspecified atom stereocenters. The quantitative estimate of drug-likeness (QED) is 0.795. The van der Waals surface area contributed by atoms with E-state index in [1.807, 2.05) is 18.5 Å². The fourth-order valence-corrected chi connectivity index (χ4v) is 2.18. The number of hydrogen-bond acceptors (Lipinski definition) is 3. The minimum Gasteiger partial charge on any atom is -0.380 e. The lowest BCUT2D eigenvalue weighted by Gasteiger charge is -2.11. The third-order valence-corrected chi connectivity index (χ3v) is 3.18. The van der Waals surface area contributed by atoms with Crippen molar-refractivity contribution in [2.24, 2.45) is 0 Å². The third-order valence-electron chi connectivity index (χ3n) is 2.31. The molecule has 0 amide bonds. The minimum absolute atomic E-state index is 0.206. The molecule has 3 nitrogen and oxygen atoms in total. The summed E-state index contributed by atoms with van der Waals surface area (Å²) in [6.07, 6.45) is 4.03. The normalized spacial score (nSPS) is 12.9. The Balaban J connectivity index is 2.23. The Kier molecular flexibility index (Phi) is 3.18. The van der Waals surface area contributed by atoms with Crippen molar-refractivity contribution in [1.82, 2.24) is 9.55 Å². The molecule has 0 aliphatic heterocycles. The minimum atomic E-state index is 0.206. The Bertz CT molecular complexity index is 408. The van der Waals surface area contributed by atoms with Gasteiger partial charge in [0.1, 0.15) is 5.82 Å². The number of methoxy groups -OCH3 is 1. The summed E-state index contributed by atoms with van der Waals surface area (Å²) in [4.78, 5) is 5.56. The van der Waals surface area contributed by atoms with Gasteiger partial charge in [-0.3, -0.25) is 0 Å². The molecule has 2 rings (SSSR count). The van der Waals surface area contributed by atoms with Crippen LogP contribution in [0.5, 0.6) is 0 Å². The predicted molar refractivity (Wildman–Crippen MR) is 62.0 cm³/mol. The van der Waals surface area contributed by atoms with Crippen molar-refractivity contribution < 1.29 is 4.74 Å². The maximum Gasteiger partial charge on any atom is 0.150 e. The zero-order chi connectivity index (χ0) is 10.7. The SMILES string of the molecule is COC(C)Cn1ccnc1-c1cccs1. The molecule has 15 heavy (non-hydrogen) atoms. The van der Waals surface area contributed by atoms with Gasteiger partial charge in [0.15, 0.2) is 0 Å². The van der Waals surface area contributed by atoms with E-state index in [1.165, 1.54) is 4.88 Å². The van der Waals surface area contributed by atoms with Crippen LogP contribution in [0.15, 0.2) is 29.9 Å². The summed E-state index contributed by atoms with van der Waals surface area (Å²) in [6.45, 7) is 2.89. The van der Waals surface area contributed by atoms with E-state index in [9.17, 15) is 0 Å². The summed E-state index contributed by atoms with van der Waals surface area (Å²) in [7, 11) is 1.73. The standard InChI is InChI=1S/C11H14N2OS/c1-9(14-2)8-13-6-5-12-11(13)10-4-3-7-15-10/h3-7,9H,8H2,1-2H3. The van der Waals surface area contributed by atoms with Crippen molar-refractivity contribution in [3.63, 3.8) is 0 Å². The summed E-state index contributed by atoms with van der Waals surface area (Å²) in [6, 6.07) is 4.12. The highest BCUT2D eigenvalue weighted by molar-refractivity contribution is 7.13. The first-order valence-electron chi connectivity index (χ1n) is 4.89. The molecule has 1 atom stereocenters. The third kappa shape index (κ3) is 2.27. The Morgan fingerprint density at radius 2 is 2.47 bits per heavy atom. The molecule has 0 saturated carbocycles. The fourth-order valence-electron chi connectivity index (χ4n) is 1.44. The van der Waals surface area contributed by atoms with Crippen LogP contribution in [-0.4, -0.2) is 22.8 Å². The van der Waals surface area contributed by atoms with E-state index in [0.717, 1.165) is 12.4 Å². The van der Waals surface area contributed by atoms with E-state index in [2.05, 4.69) is 27.9 Å². The fraction of sp³-hybridized carbons (Fsp3) is 0.364. The number of aromatic nitrogens is 2. The molecule has 0 fully saturated rings. The highest BCUT2D eigenvalue weighted by atomic mass is 32.1. The number of ether oxygens (including phenoxy) is 1. The Morgan fingerprint density at radius 3 is 3.13 bits per heavy atom. The molecule has 0 spiro atoms. The van der Waals surface area contributed by atoms with Gasteiger partial charge in [0.05, 0.1) is 17.5 Å². The Labute approximate surface area is 93.3 Å². The number of nitrogens with zero attached hydrogens (tertiary/aromatic N) is 2. The van der Waals surface area contributed by atoms with Gasteiger partial charge in [0.2, 0.25) is 0 Å². The second-order valence-corrected chi connectivity index (χ2v) is 4.37. The summed E-state index contributed by atoms with van der Waals surface area (Å²) in [5.41, 5.74) is 0. The summed E-state index contributed by atoms with van der Waals surface area (Å²) >= 11 is 1.71. The number of imidazole rings is 1. The van der Waals surface area contributed by atoms with Gasteiger partial charge in [-0.25, -0.2) is 4.98 Å².